The molecule has 0 aliphatic heterocycles. The summed E-state index contributed by atoms with van der Waals surface area (Å²) in [5, 5.41) is 0. The summed E-state index contributed by atoms with van der Waals surface area (Å²) >= 11 is 0. The first kappa shape index (κ1) is 33.5. The molecular weight excluding hydrogens is 600 g/mol. The van der Waals surface area contributed by atoms with Crippen LogP contribution in [0.15, 0.2) is 0 Å². The molecule has 0 spiro atoms. The molecule has 0 rings (SSSR count). The van der Waals surface area contributed by atoms with Crippen molar-refractivity contribution in [3.8, 4) is 0 Å². The Morgan fingerprint density at radius 1 is 0.429 bits per heavy atom. The van der Waals surface area contributed by atoms with Crippen LogP contribution in [0.1, 0.15) is 0 Å². The molecule has 0 amide bonds. The molecule has 12 nitrogen and oxygen atoms in total. The van der Waals surface area contributed by atoms with Gasteiger partial charge in [0.25, 0.3) is 0 Å². The van der Waals surface area contributed by atoms with Crippen molar-refractivity contribution in [1.29, 1.82) is 0 Å². The van der Waals surface area contributed by atoms with E-state index in [0.717, 1.165) is 0 Å². The van der Waals surface area contributed by atoms with Crippen LogP contribution in [0.5, 0.6) is 0 Å². The second-order valence-electron chi connectivity index (χ2n) is 2.82. The van der Waals surface area contributed by atoms with Crippen molar-refractivity contribution >= 4 is 40.5 Å². The van der Waals surface area contributed by atoms with E-state index < -0.39 is 40.5 Å². The Labute approximate surface area is 156 Å². The number of rotatable bonds is 0. The molecule has 21 heavy (non-hydrogen) atoms. The van der Waals surface area contributed by atoms with Crippen molar-refractivity contribution in [2.45, 2.75) is 0 Å². The predicted molar refractivity (Wildman–Crippen MR) is 62.5 cm³/mol. The summed E-state index contributed by atoms with van der Waals surface area (Å²) in [7, 11) is -15.7. The maximum absolute atomic E-state index is 9.08. The van der Waals surface area contributed by atoms with Crippen LogP contribution in [0.4, 0.5) is 0 Å². The fraction of sp³-hybridized carbons (Fsp3) is 1.00. The van der Waals surface area contributed by atoms with Crippen molar-refractivity contribution in [3.63, 3.8) is 0 Å². The molecule has 0 heterocycles. The quantitative estimate of drug-likeness (QED) is 0.244. The first-order chi connectivity index (χ1) is 8.00. The van der Waals surface area contributed by atoms with E-state index in [2.05, 4.69) is 0 Å². The molecule has 0 saturated carbocycles. The third-order valence-corrected chi connectivity index (χ3v) is 0. The normalized spacial score (nSPS) is 11.0. The van der Waals surface area contributed by atoms with E-state index in [9.17, 15) is 0 Å². The van der Waals surface area contributed by atoms with Gasteiger partial charge in [-0.05, 0) is 0 Å². The fourth-order valence-corrected chi connectivity index (χ4v) is 0. The Kier molecular flexibility index (Phi) is 21.4. The molecule has 0 fully saturated rings. The van der Waals surface area contributed by atoms with Crippen LogP contribution in [0.3, 0.4) is 0 Å². The number of hydrogen-bond acceptors (Lipinski definition) is 12. The van der Waals surface area contributed by atoms with Gasteiger partial charge >= 0.3 is 39.9 Å². The van der Waals surface area contributed by atoms with Gasteiger partial charge < -0.3 is 18.2 Å². The minimum absolute atomic E-state index is 0. The van der Waals surface area contributed by atoms with Gasteiger partial charge in [0.1, 0.15) is 0 Å². The van der Waals surface area contributed by atoms with Gasteiger partial charge in [-0.15, -0.1) is 0 Å². The molecule has 0 aliphatic carbocycles. The summed E-state index contributed by atoms with van der Waals surface area (Å²) in [5.41, 5.74) is 0. The van der Waals surface area contributed by atoms with Crippen LogP contribution >= 0.6 is 0 Å². The standard InChI is InChI=1S/4CH4O3S.Th/c4*1-5(2,3)4;/h4*1H3,(H,2,3,4);/q;;;;+4/p-4. The van der Waals surface area contributed by atoms with Crippen molar-refractivity contribution in [1.82, 2.24) is 0 Å². The van der Waals surface area contributed by atoms with Crippen LogP contribution in [-0.4, -0.2) is 76.9 Å². The molecule has 0 unspecified atom stereocenters. The van der Waals surface area contributed by atoms with E-state index >= 15 is 0 Å². The Balaban J connectivity index is -0.0000000533. The Morgan fingerprint density at radius 2 is 0.429 bits per heavy atom. The van der Waals surface area contributed by atoms with Crippen LogP contribution < -0.4 is 0 Å². The molecule has 0 saturated heterocycles. The van der Waals surface area contributed by atoms with Gasteiger partial charge in [-0.3, -0.25) is 0 Å². The van der Waals surface area contributed by atoms with Gasteiger partial charge in [0, 0.05) is 25.0 Å². The summed E-state index contributed by atoms with van der Waals surface area (Å²) in [6, 6.07) is 0. The zero-order valence-electron chi connectivity index (χ0n) is 11.0. The maximum atomic E-state index is 9.08. The SMILES string of the molecule is CS(=O)(=O)[O-].CS(=O)(=O)[O-].CS(=O)(=O)[O-].CS(=O)(=O)[O-].[Th+4]. The third kappa shape index (κ3) is 8100. The predicted octanol–water partition coefficient (Wildman–Crippen LogP) is -3.35. The molecule has 0 aromatic heterocycles. The molecule has 0 aliphatic rings. The molecule has 0 bridgehead atoms. The summed E-state index contributed by atoms with van der Waals surface area (Å²) in [6.07, 6.45) is 2.42. The summed E-state index contributed by atoms with van der Waals surface area (Å²) in [4.78, 5) is 0. The maximum Gasteiger partial charge on any atom is 4.00 e. The Hall–Kier alpha value is 0.965. The minimum Gasteiger partial charge on any atom is -0.748 e. The molecule has 0 aromatic rings. The minimum atomic E-state index is -3.92. The Bertz CT molecular complexity index is 486. The average Bonchev–Trinajstić information content (AvgIpc) is 1.62. The summed E-state index contributed by atoms with van der Waals surface area (Å²) < 4.78 is 109. The van der Waals surface area contributed by atoms with E-state index in [-0.39, 0.29) is 39.9 Å². The van der Waals surface area contributed by atoms with Crippen LogP contribution in [-0.2, 0) is 40.5 Å². The second kappa shape index (κ2) is 13.4. The van der Waals surface area contributed by atoms with Gasteiger partial charge in [0.05, 0.1) is 40.5 Å². The van der Waals surface area contributed by atoms with Crippen molar-refractivity contribution in [2.75, 3.05) is 25.0 Å². The average molecular weight is 612 g/mol. The molecular formula is C4H12O12S4Th. The van der Waals surface area contributed by atoms with E-state index in [4.69, 9.17) is 51.9 Å². The first-order valence-corrected chi connectivity index (χ1v) is 10.9. The van der Waals surface area contributed by atoms with Crippen molar-refractivity contribution in [2.24, 2.45) is 0 Å². The zero-order chi connectivity index (χ0) is 18.0. The van der Waals surface area contributed by atoms with Crippen LogP contribution in [0, 0.1) is 39.9 Å². The van der Waals surface area contributed by atoms with Crippen molar-refractivity contribution in [3.05, 3.63) is 0 Å². The Morgan fingerprint density at radius 3 is 0.429 bits per heavy atom. The van der Waals surface area contributed by atoms with E-state index in [1.165, 1.54) is 0 Å². The largest absolute Gasteiger partial charge is 4.00 e. The van der Waals surface area contributed by atoms with Gasteiger partial charge in [-0.25, -0.2) is 33.7 Å². The van der Waals surface area contributed by atoms with Crippen LogP contribution in [0.2, 0.25) is 0 Å². The number of hydrogen-bond donors (Lipinski definition) is 0. The molecule has 128 valence electrons. The van der Waals surface area contributed by atoms with Crippen molar-refractivity contribution < 1.29 is 91.8 Å². The topological polar surface area (TPSA) is 229 Å². The monoisotopic (exact) mass is 612 g/mol. The molecule has 0 atom stereocenters. The molecule has 0 radical (unpaired) electrons. The van der Waals surface area contributed by atoms with E-state index in [0.29, 0.717) is 25.0 Å². The third-order valence-electron chi connectivity index (χ3n) is 0. The smallest absolute Gasteiger partial charge is 0.748 e. The second-order valence-corrected chi connectivity index (χ2v) is 8.45. The summed E-state index contributed by atoms with van der Waals surface area (Å²) in [6.45, 7) is 0. The van der Waals surface area contributed by atoms with Crippen LogP contribution in [0.25, 0.3) is 0 Å². The fourth-order valence-electron chi connectivity index (χ4n) is 0. The van der Waals surface area contributed by atoms with E-state index in [1.807, 2.05) is 0 Å². The first-order valence-electron chi connectivity index (χ1n) is 3.63. The van der Waals surface area contributed by atoms with Gasteiger partial charge in [0.15, 0.2) is 0 Å². The van der Waals surface area contributed by atoms with E-state index in [1.54, 1.807) is 0 Å². The molecule has 0 N–H and O–H groups in total. The van der Waals surface area contributed by atoms with Gasteiger partial charge in [-0.2, -0.15) is 0 Å². The summed E-state index contributed by atoms with van der Waals surface area (Å²) in [5.74, 6) is 0. The van der Waals surface area contributed by atoms with Gasteiger partial charge in [0.2, 0.25) is 0 Å². The molecule has 0 aromatic carbocycles. The molecule has 17 heteroatoms. The van der Waals surface area contributed by atoms with Gasteiger partial charge in [-0.1, -0.05) is 0 Å². The zero-order valence-corrected chi connectivity index (χ0v) is 18.4.